The first kappa shape index (κ1) is 9.10. The minimum absolute atomic E-state index is 0.0659. The third kappa shape index (κ3) is 1.09. The highest BCUT2D eigenvalue weighted by molar-refractivity contribution is 5.16. The molecule has 0 aromatic carbocycles. The monoisotopic (exact) mass is 168 g/mol. The Labute approximate surface area is 72.6 Å². The lowest BCUT2D eigenvalue weighted by Crippen LogP contribution is -2.20. The van der Waals surface area contributed by atoms with Crippen molar-refractivity contribution in [3.63, 3.8) is 0 Å². The molecule has 1 heterocycles. The number of imidazole rings is 1. The van der Waals surface area contributed by atoms with Gasteiger partial charge >= 0.3 is 5.69 Å². The van der Waals surface area contributed by atoms with E-state index in [1.807, 2.05) is 21.0 Å². The van der Waals surface area contributed by atoms with Crippen molar-refractivity contribution in [1.82, 2.24) is 9.13 Å². The van der Waals surface area contributed by atoms with E-state index in [-0.39, 0.29) is 5.69 Å². The Morgan fingerprint density at radius 1 is 1.17 bits per heavy atom. The number of aromatic nitrogens is 2. The van der Waals surface area contributed by atoms with Crippen LogP contribution in [0.25, 0.3) is 0 Å². The molecule has 1 aromatic rings. The summed E-state index contributed by atoms with van der Waals surface area (Å²) in [5, 5.41) is 0. The SMILES string of the molecule is Cc1c(C(C)C)n(C)c(=O)n1C. The second-order valence-electron chi connectivity index (χ2n) is 3.53. The Hall–Kier alpha value is -0.990. The maximum absolute atomic E-state index is 11.4. The Morgan fingerprint density at radius 3 is 1.83 bits per heavy atom. The molecule has 0 aliphatic carbocycles. The van der Waals surface area contributed by atoms with Crippen LogP contribution in [0, 0.1) is 6.92 Å². The van der Waals surface area contributed by atoms with E-state index < -0.39 is 0 Å². The lowest BCUT2D eigenvalue weighted by atomic mass is 10.1. The molecule has 68 valence electrons. The van der Waals surface area contributed by atoms with E-state index in [9.17, 15) is 4.79 Å². The number of nitrogens with zero attached hydrogens (tertiary/aromatic N) is 2. The molecule has 0 aliphatic rings. The van der Waals surface area contributed by atoms with Gasteiger partial charge in [0.15, 0.2) is 0 Å². The van der Waals surface area contributed by atoms with Gasteiger partial charge in [-0.1, -0.05) is 13.8 Å². The topological polar surface area (TPSA) is 26.9 Å². The first-order valence-corrected chi connectivity index (χ1v) is 4.19. The lowest BCUT2D eigenvalue weighted by molar-refractivity contribution is 0.711. The second kappa shape index (κ2) is 2.81. The summed E-state index contributed by atoms with van der Waals surface area (Å²) < 4.78 is 3.41. The van der Waals surface area contributed by atoms with Crippen molar-refractivity contribution in [2.75, 3.05) is 0 Å². The summed E-state index contributed by atoms with van der Waals surface area (Å²) in [6.07, 6.45) is 0. The maximum atomic E-state index is 11.4. The minimum atomic E-state index is 0.0659. The standard InChI is InChI=1S/C9H16N2O/c1-6(2)8-7(3)10(4)9(12)11(8)5/h6H,1-5H3. The van der Waals surface area contributed by atoms with Crippen LogP contribution < -0.4 is 5.69 Å². The van der Waals surface area contributed by atoms with Crippen molar-refractivity contribution in [1.29, 1.82) is 0 Å². The van der Waals surface area contributed by atoms with Crippen LogP contribution in [-0.4, -0.2) is 9.13 Å². The van der Waals surface area contributed by atoms with E-state index in [2.05, 4.69) is 13.8 Å². The molecular formula is C9H16N2O. The summed E-state index contributed by atoms with van der Waals surface area (Å²) in [4.78, 5) is 11.4. The van der Waals surface area contributed by atoms with Gasteiger partial charge in [-0.2, -0.15) is 0 Å². The van der Waals surface area contributed by atoms with Crippen LogP contribution in [0.4, 0.5) is 0 Å². The van der Waals surface area contributed by atoms with E-state index in [4.69, 9.17) is 0 Å². The average Bonchev–Trinajstić information content (AvgIpc) is 2.16. The molecule has 3 heteroatoms. The average molecular weight is 168 g/mol. The Kier molecular flexibility index (Phi) is 2.13. The largest absolute Gasteiger partial charge is 0.328 e. The van der Waals surface area contributed by atoms with Crippen LogP contribution in [0.15, 0.2) is 4.79 Å². The van der Waals surface area contributed by atoms with Crippen LogP contribution in [0.3, 0.4) is 0 Å². The molecule has 0 saturated heterocycles. The zero-order chi connectivity index (χ0) is 9.46. The molecular weight excluding hydrogens is 152 g/mol. The highest BCUT2D eigenvalue weighted by Crippen LogP contribution is 2.15. The van der Waals surface area contributed by atoms with E-state index in [1.54, 1.807) is 9.13 Å². The molecule has 0 saturated carbocycles. The summed E-state index contributed by atoms with van der Waals surface area (Å²) in [6.45, 7) is 6.18. The third-order valence-corrected chi connectivity index (χ3v) is 2.36. The van der Waals surface area contributed by atoms with E-state index >= 15 is 0 Å². The molecule has 0 aliphatic heterocycles. The fourth-order valence-corrected chi connectivity index (χ4v) is 1.69. The van der Waals surface area contributed by atoms with Gasteiger partial charge in [-0.25, -0.2) is 4.79 Å². The molecule has 0 amide bonds. The second-order valence-corrected chi connectivity index (χ2v) is 3.53. The van der Waals surface area contributed by atoms with Crippen molar-refractivity contribution >= 4 is 0 Å². The first-order valence-electron chi connectivity index (χ1n) is 4.19. The van der Waals surface area contributed by atoms with Gasteiger partial charge in [-0.3, -0.25) is 9.13 Å². The molecule has 1 rings (SSSR count). The quantitative estimate of drug-likeness (QED) is 0.618. The van der Waals surface area contributed by atoms with E-state index in [0.717, 1.165) is 11.4 Å². The van der Waals surface area contributed by atoms with Gasteiger partial charge in [0.1, 0.15) is 0 Å². The number of rotatable bonds is 1. The molecule has 0 bridgehead atoms. The highest BCUT2D eigenvalue weighted by atomic mass is 16.1. The summed E-state index contributed by atoms with van der Waals surface area (Å²) in [6, 6.07) is 0. The summed E-state index contributed by atoms with van der Waals surface area (Å²) in [5.74, 6) is 0.406. The van der Waals surface area contributed by atoms with Crippen molar-refractivity contribution in [2.24, 2.45) is 14.1 Å². The molecule has 0 unspecified atom stereocenters. The van der Waals surface area contributed by atoms with Crippen LogP contribution >= 0.6 is 0 Å². The fraction of sp³-hybridized carbons (Fsp3) is 0.667. The Morgan fingerprint density at radius 2 is 1.67 bits per heavy atom. The zero-order valence-corrected chi connectivity index (χ0v) is 8.38. The maximum Gasteiger partial charge on any atom is 0.328 e. The van der Waals surface area contributed by atoms with Gasteiger partial charge in [0.2, 0.25) is 0 Å². The van der Waals surface area contributed by atoms with Crippen LogP contribution in [0.1, 0.15) is 31.2 Å². The molecule has 0 atom stereocenters. The van der Waals surface area contributed by atoms with Crippen molar-refractivity contribution in [3.05, 3.63) is 21.9 Å². The third-order valence-electron chi connectivity index (χ3n) is 2.36. The van der Waals surface area contributed by atoms with E-state index in [0.29, 0.717) is 5.92 Å². The molecule has 0 N–H and O–H groups in total. The normalized spacial score (nSPS) is 11.2. The van der Waals surface area contributed by atoms with Crippen LogP contribution in [0.5, 0.6) is 0 Å². The first-order chi connectivity index (χ1) is 5.46. The predicted molar refractivity (Wildman–Crippen MR) is 49.5 cm³/mol. The van der Waals surface area contributed by atoms with Gasteiger partial charge in [0.05, 0.1) is 0 Å². The fourth-order valence-electron chi connectivity index (χ4n) is 1.69. The predicted octanol–water partition coefficient (Wildman–Crippen LogP) is 1.16. The molecule has 3 nitrogen and oxygen atoms in total. The Balaban J connectivity index is 3.49. The number of hydrogen-bond acceptors (Lipinski definition) is 1. The minimum Gasteiger partial charge on any atom is -0.299 e. The molecule has 12 heavy (non-hydrogen) atoms. The van der Waals surface area contributed by atoms with Gasteiger partial charge < -0.3 is 0 Å². The lowest BCUT2D eigenvalue weighted by Gasteiger charge is -2.06. The van der Waals surface area contributed by atoms with Crippen molar-refractivity contribution in [3.8, 4) is 0 Å². The van der Waals surface area contributed by atoms with E-state index in [1.165, 1.54) is 0 Å². The highest BCUT2D eigenvalue weighted by Gasteiger charge is 2.13. The zero-order valence-electron chi connectivity index (χ0n) is 8.38. The van der Waals surface area contributed by atoms with Gasteiger partial charge in [-0.15, -0.1) is 0 Å². The van der Waals surface area contributed by atoms with Crippen molar-refractivity contribution < 1.29 is 0 Å². The van der Waals surface area contributed by atoms with Gasteiger partial charge in [0.25, 0.3) is 0 Å². The molecule has 0 fully saturated rings. The smallest absolute Gasteiger partial charge is 0.299 e. The van der Waals surface area contributed by atoms with Gasteiger partial charge in [-0.05, 0) is 12.8 Å². The number of hydrogen-bond donors (Lipinski definition) is 0. The summed E-state index contributed by atoms with van der Waals surface area (Å²) in [5.41, 5.74) is 2.26. The summed E-state index contributed by atoms with van der Waals surface area (Å²) >= 11 is 0. The van der Waals surface area contributed by atoms with Gasteiger partial charge in [0, 0.05) is 25.5 Å². The van der Waals surface area contributed by atoms with Crippen LogP contribution in [0.2, 0.25) is 0 Å². The summed E-state index contributed by atoms with van der Waals surface area (Å²) in [7, 11) is 3.63. The molecule has 0 spiro atoms. The Bertz CT molecular complexity index is 344. The van der Waals surface area contributed by atoms with Crippen LogP contribution in [-0.2, 0) is 14.1 Å². The van der Waals surface area contributed by atoms with Crippen molar-refractivity contribution in [2.45, 2.75) is 26.7 Å². The molecule has 0 radical (unpaired) electrons. The molecule has 1 aromatic heterocycles.